The van der Waals surface area contributed by atoms with Crippen molar-refractivity contribution in [3.05, 3.63) is 64.2 Å². The monoisotopic (exact) mass is 437 g/mol. The van der Waals surface area contributed by atoms with Crippen LogP contribution in [-0.2, 0) is 13.1 Å². The van der Waals surface area contributed by atoms with Crippen molar-refractivity contribution in [2.75, 3.05) is 6.54 Å². The molecule has 2 aromatic carbocycles. The fourth-order valence-electron chi connectivity index (χ4n) is 3.31. The van der Waals surface area contributed by atoms with Gasteiger partial charge in [-0.25, -0.2) is 18.2 Å². The van der Waals surface area contributed by atoms with E-state index in [-0.39, 0.29) is 6.54 Å². The molecule has 3 rings (SSSR count). The highest BCUT2D eigenvalue weighted by atomic mass is 35.5. The van der Waals surface area contributed by atoms with E-state index < -0.39 is 28.9 Å². The van der Waals surface area contributed by atoms with Gasteiger partial charge in [0.2, 0.25) is 0 Å². The van der Waals surface area contributed by atoms with Crippen LogP contribution in [0.2, 0.25) is 5.02 Å². The minimum absolute atomic E-state index is 0.101. The highest BCUT2D eigenvalue weighted by Gasteiger charge is 2.24. The molecule has 0 bridgehead atoms. The van der Waals surface area contributed by atoms with Gasteiger partial charge in [0.1, 0.15) is 11.6 Å². The van der Waals surface area contributed by atoms with Crippen LogP contribution in [0.5, 0.6) is 0 Å². The van der Waals surface area contributed by atoms with Crippen LogP contribution >= 0.6 is 11.6 Å². The number of fused-ring (bicyclic) bond motifs is 1. The average Bonchev–Trinajstić information content (AvgIpc) is 3.03. The molecule has 0 saturated carbocycles. The molecule has 0 unspecified atom stereocenters. The van der Waals surface area contributed by atoms with Crippen LogP contribution in [0.3, 0.4) is 0 Å². The van der Waals surface area contributed by atoms with Crippen molar-refractivity contribution in [2.24, 2.45) is 5.92 Å². The molecule has 0 aliphatic rings. The van der Waals surface area contributed by atoms with E-state index in [0.29, 0.717) is 48.4 Å². The summed E-state index contributed by atoms with van der Waals surface area (Å²) in [5.74, 6) is -3.50. The van der Waals surface area contributed by atoms with Crippen molar-refractivity contribution < 1.29 is 18.0 Å². The minimum Gasteiger partial charge on any atom is -0.331 e. The molecule has 160 valence electrons. The van der Waals surface area contributed by atoms with Gasteiger partial charge in [-0.1, -0.05) is 25.4 Å². The van der Waals surface area contributed by atoms with Gasteiger partial charge in [0, 0.05) is 24.2 Å². The smallest absolute Gasteiger partial charge is 0.257 e. The molecule has 30 heavy (non-hydrogen) atoms. The summed E-state index contributed by atoms with van der Waals surface area (Å²) >= 11 is 6.11. The minimum atomic E-state index is -1.33. The van der Waals surface area contributed by atoms with Crippen molar-refractivity contribution in [1.29, 1.82) is 0 Å². The van der Waals surface area contributed by atoms with Crippen LogP contribution in [0.1, 0.15) is 43.4 Å². The highest BCUT2D eigenvalue weighted by Crippen LogP contribution is 2.23. The Labute approximate surface area is 178 Å². The number of amides is 1. The molecular weight excluding hydrogens is 415 g/mol. The first-order valence-electron chi connectivity index (χ1n) is 9.79. The first-order valence-corrected chi connectivity index (χ1v) is 10.2. The number of carbonyl (C=O) groups excluding carboxylic acids is 1. The van der Waals surface area contributed by atoms with Crippen LogP contribution in [0.15, 0.2) is 30.3 Å². The molecule has 4 nitrogen and oxygen atoms in total. The second-order valence-electron chi connectivity index (χ2n) is 7.56. The number of aryl methyl sites for hydroxylation is 1. The number of hydrogen-bond donors (Lipinski definition) is 0. The molecule has 0 radical (unpaired) electrons. The van der Waals surface area contributed by atoms with Crippen LogP contribution < -0.4 is 0 Å². The molecule has 0 atom stereocenters. The van der Waals surface area contributed by atoms with Gasteiger partial charge >= 0.3 is 0 Å². The molecule has 0 aliphatic heterocycles. The fraction of sp³-hybridized carbons (Fsp3) is 0.364. The number of aromatic nitrogens is 2. The van der Waals surface area contributed by atoms with E-state index >= 15 is 0 Å². The predicted octanol–water partition coefficient (Wildman–Crippen LogP) is 5.82. The third kappa shape index (κ3) is 4.61. The molecule has 0 fully saturated rings. The molecule has 0 saturated heterocycles. The standard InChI is InChI=1S/C22H23ClF3N3O/c1-4-29-20-9-14(23)5-6-19(20)27-21(29)12-28(8-7-13(2)3)22(30)15-10-17(25)18(26)11-16(15)24/h5-6,9-11,13H,4,7-8,12H2,1-3H3. The second-order valence-corrected chi connectivity index (χ2v) is 8.00. The van der Waals surface area contributed by atoms with E-state index in [1.807, 2.05) is 25.3 Å². The van der Waals surface area contributed by atoms with Gasteiger partial charge in [0.15, 0.2) is 11.6 Å². The summed E-state index contributed by atoms with van der Waals surface area (Å²) in [6.45, 7) is 6.97. The van der Waals surface area contributed by atoms with E-state index in [9.17, 15) is 18.0 Å². The Morgan fingerprint density at radius 2 is 1.83 bits per heavy atom. The molecule has 0 aliphatic carbocycles. The van der Waals surface area contributed by atoms with Crippen LogP contribution in [-0.4, -0.2) is 26.9 Å². The molecule has 1 aromatic heterocycles. The molecule has 3 aromatic rings. The molecule has 8 heteroatoms. The van der Waals surface area contributed by atoms with Gasteiger partial charge in [-0.15, -0.1) is 0 Å². The SMILES string of the molecule is CCn1c(CN(CCC(C)C)C(=O)c2cc(F)c(F)cc2F)nc2ccc(Cl)cc21. The lowest BCUT2D eigenvalue weighted by molar-refractivity contribution is 0.0724. The van der Waals surface area contributed by atoms with Gasteiger partial charge in [-0.3, -0.25) is 4.79 Å². The van der Waals surface area contributed by atoms with Crippen molar-refractivity contribution in [1.82, 2.24) is 14.5 Å². The Morgan fingerprint density at radius 1 is 1.13 bits per heavy atom. The van der Waals surface area contributed by atoms with Crippen LogP contribution in [0.4, 0.5) is 13.2 Å². The Hall–Kier alpha value is -2.54. The topological polar surface area (TPSA) is 38.1 Å². The Balaban J connectivity index is 2.00. The zero-order chi connectivity index (χ0) is 22.0. The highest BCUT2D eigenvalue weighted by molar-refractivity contribution is 6.31. The lowest BCUT2D eigenvalue weighted by Crippen LogP contribution is -2.34. The molecule has 0 N–H and O–H groups in total. The average molecular weight is 438 g/mol. The summed E-state index contributed by atoms with van der Waals surface area (Å²) in [7, 11) is 0. The molecule has 0 spiro atoms. The van der Waals surface area contributed by atoms with Crippen molar-refractivity contribution in [3.63, 3.8) is 0 Å². The second kappa shape index (κ2) is 9.08. The number of halogens is 4. The first-order chi connectivity index (χ1) is 14.2. The summed E-state index contributed by atoms with van der Waals surface area (Å²) in [5.41, 5.74) is 1.06. The summed E-state index contributed by atoms with van der Waals surface area (Å²) in [5, 5.41) is 0.570. The summed E-state index contributed by atoms with van der Waals surface area (Å²) in [4.78, 5) is 19.1. The lowest BCUT2D eigenvalue weighted by atomic mass is 10.1. The van der Waals surface area contributed by atoms with Gasteiger partial charge in [0.05, 0.1) is 23.1 Å². The Bertz CT molecular complexity index is 1080. The lowest BCUT2D eigenvalue weighted by Gasteiger charge is -2.24. The molecule has 1 heterocycles. The first kappa shape index (κ1) is 22.2. The van der Waals surface area contributed by atoms with E-state index in [0.717, 1.165) is 11.0 Å². The van der Waals surface area contributed by atoms with Gasteiger partial charge in [-0.2, -0.15) is 0 Å². The number of hydrogen-bond acceptors (Lipinski definition) is 2. The maximum Gasteiger partial charge on any atom is 0.257 e. The maximum atomic E-state index is 14.2. The maximum absolute atomic E-state index is 14.2. The number of carbonyl (C=O) groups is 1. The van der Waals surface area contributed by atoms with E-state index in [1.54, 1.807) is 18.2 Å². The van der Waals surface area contributed by atoms with Crippen molar-refractivity contribution in [2.45, 2.75) is 40.3 Å². The van der Waals surface area contributed by atoms with Gasteiger partial charge in [-0.05, 0) is 43.5 Å². The third-order valence-electron chi connectivity index (χ3n) is 4.94. The van der Waals surface area contributed by atoms with Gasteiger partial charge < -0.3 is 9.47 Å². The number of benzene rings is 2. The van der Waals surface area contributed by atoms with E-state index in [2.05, 4.69) is 4.98 Å². The van der Waals surface area contributed by atoms with E-state index in [1.165, 1.54) is 4.90 Å². The Morgan fingerprint density at radius 3 is 2.50 bits per heavy atom. The number of imidazole rings is 1. The van der Waals surface area contributed by atoms with Crippen LogP contribution in [0.25, 0.3) is 11.0 Å². The third-order valence-corrected chi connectivity index (χ3v) is 5.18. The van der Waals surface area contributed by atoms with Crippen molar-refractivity contribution in [3.8, 4) is 0 Å². The summed E-state index contributed by atoms with van der Waals surface area (Å²) in [6.07, 6.45) is 0.662. The Kier molecular flexibility index (Phi) is 6.71. The zero-order valence-electron chi connectivity index (χ0n) is 17.1. The summed E-state index contributed by atoms with van der Waals surface area (Å²) < 4.78 is 43.2. The van der Waals surface area contributed by atoms with Crippen molar-refractivity contribution >= 4 is 28.5 Å². The molecular formula is C22H23ClF3N3O. The quantitative estimate of drug-likeness (QED) is 0.437. The van der Waals surface area contributed by atoms with Gasteiger partial charge in [0.25, 0.3) is 5.91 Å². The predicted molar refractivity (Wildman–Crippen MR) is 111 cm³/mol. The number of nitrogens with zero attached hydrogens (tertiary/aromatic N) is 3. The molecule has 1 amide bonds. The largest absolute Gasteiger partial charge is 0.331 e. The normalized spacial score (nSPS) is 11.5. The van der Waals surface area contributed by atoms with E-state index in [4.69, 9.17) is 11.6 Å². The summed E-state index contributed by atoms with van der Waals surface area (Å²) in [6, 6.07) is 6.33. The van der Waals surface area contributed by atoms with Crippen LogP contribution in [0, 0.1) is 23.4 Å². The number of rotatable bonds is 7. The fourth-order valence-corrected chi connectivity index (χ4v) is 3.48. The zero-order valence-corrected chi connectivity index (χ0v) is 17.8.